The highest BCUT2D eigenvalue weighted by atomic mass is 32.1. The van der Waals surface area contributed by atoms with E-state index in [1.807, 2.05) is 0 Å². The lowest BCUT2D eigenvalue weighted by molar-refractivity contribution is 0.231. The Morgan fingerprint density at radius 1 is 1.07 bits per heavy atom. The quantitative estimate of drug-likeness (QED) is 0.493. The molecule has 0 radical (unpaired) electrons. The third-order valence-electron chi connectivity index (χ3n) is 5.28. The molecule has 5 rings (SSSR count). The molecular formula is C22H22N4O2S. The van der Waals surface area contributed by atoms with E-state index in [1.165, 1.54) is 11.1 Å². The number of aromatic nitrogens is 2. The molecule has 0 N–H and O–H groups in total. The van der Waals surface area contributed by atoms with Gasteiger partial charge in [0.05, 0.1) is 13.7 Å². The van der Waals surface area contributed by atoms with Gasteiger partial charge in [-0.2, -0.15) is 16.3 Å². The van der Waals surface area contributed by atoms with Crippen LogP contribution in [0.15, 0.2) is 57.8 Å². The van der Waals surface area contributed by atoms with Crippen molar-refractivity contribution in [1.29, 1.82) is 0 Å². The molecule has 0 unspecified atom stereocenters. The number of anilines is 1. The standard InChI is InChI=1S/C22H22N4O2S/c1-27-21-4-6-23-22(24-21)26-9-7-25(8-10-26)14-19-13-18-12-16(2-3-20(18)28-19)17-5-11-29-15-17/h2-6,11-13,15H,7-10,14H2,1H3. The lowest BCUT2D eigenvalue weighted by Crippen LogP contribution is -2.46. The van der Waals surface area contributed by atoms with Crippen LogP contribution >= 0.6 is 11.3 Å². The summed E-state index contributed by atoms with van der Waals surface area (Å²) in [6.07, 6.45) is 1.74. The highest BCUT2D eigenvalue weighted by Gasteiger charge is 2.20. The van der Waals surface area contributed by atoms with Crippen molar-refractivity contribution < 1.29 is 9.15 Å². The van der Waals surface area contributed by atoms with Crippen LogP contribution in [0.25, 0.3) is 22.1 Å². The predicted octanol–water partition coefficient (Wildman–Crippen LogP) is 4.28. The number of methoxy groups -OCH3 is 1. The second-order valence-corrected chi connectivity index (χ2v) is 7.92. The topological polar surface area (TPSA) is 54.6 Å². The van der Waals surface area contributed by atoms with Gasteiger partial charge < -0.3 is 14.1 Å². The van der Waals surface area contributed by atoms with Crippen LogP contribution in [0.3, 0.4) is 0 Å². The van der Waals surface area contributed by atoms with Crippen LogP contribution in [0.5, 0.6) is 5.88 Å². The third kappa shape index (κ3) is 3.83. The molecule has 3 aromatic heterocycles. The minimum absolute atomic E-state index is 0.599. The third-order valence-corrected chi connectivity index (χ3v) is 5.97. The van der Waals surface area contributed by atoms with Gasteiger partial charge in [-0.25, -0.2) is 4.98 Å². The minimum Gasteiger partial charge on any atom is -0.481 e. The first-order chi connectivity index (χ1) is 14.3. The van der Waals surface area contributed by atoms with E-state index in [1.54, 1.807) is 30.7 Å². The van der Waals surface area contributed by atoms with Crippen molar-refractivity contribution in [3.8, 4) is 17.0 Å². The molecule has 4 heterocycles. The normalized spacial score (nSPS) is 15.1. The molecule has 1 saturated heterocycles. The fraction of sp³-hybridized carbons (Fsp3) is 0.273. The van der Waals surface area contributed by atoms with Crippen molar-refractivity contribution in [1.82, 2.24) is 14.9 Å². The molecule has 7 heteroatoms. The SMILES string of the molecule is COc1ccnc(N2CCN(Cc3cc4cc(-c5ccsc5)ccc4o3)CC2)n1. The molecule has 0 atom stereocenters. The summed E-state index contributed by atoms with van der Waals surface area (Å²) in [5.74, 6) is 2.34. The number of rotatable bonds is 5. The van der Waals surface area contributed by atoms with Crippen molar-refractivity contribution >= 4 is 28.3 Å². The zero-order valence-electron chi connectivity index (χ0n) is 16.2. The molecule has 1 aromatic carbocycles. The van der Waals surface area contributed by atoms with Gasteiger partial charge in [-0.3, -0.25) is 4.90 Å². The van der Waals surface area contributed by atoms with Crippen LogP contribution in [0.2, 0.25) is 0 Å². The van der Waals surface area contributed by atoms with Gasteiger partial charge in [-0.05, 0) is 46.2 Å². The average molecular weight is 407 g/mol. The van der Waals surface area contributed by atoms with Crippen molar-refractivity contribution in [2.24, 2.45) is 0 Å². The summed E-state index contributed by atoms with van der Waals surface area (Å²) < 4.78 is 11.3. The zero-order valence-corrected chi connectivity index (χ0v) is 17.1. The Hall–Kier alpha value is -2.90. The largest absolute Gasteiger partial charge is 0.481 e. The summed E-state index contributed by atoms with van der Waals surface area (Å²) in [5.41, 5.74) is 3.44. The fourth-order valence-electron chi connectivity index (χ4n) is 3.71. The molecule has 4 aromatic rings. The van der Waals surface area contributed by atoms with E-state index in [0.29, 0.717) is 5.88 Å². The Morgan fingerprint density at radius 3 is 2.76 bits per heavy atom. The molecular weight excluding hydrogens is 384 g/mol. The molecule has 0 bridgehead atoms. The molecule has 0 aliphatic carbocycles. The van der Waals surface area contributed by atoms with Gasteiger partial charge in [0.25, 0.3) is 0 Å². The maximum absolute atomic E-state index is 6.09. The highest BCUT2D eigenvalue weighted by molar-refractivity contribution is 7.08. The zero-order chi connectivity index (χ0) is 19.6. The molecule has 1 fully saturated rings. The number of thiophene rings is 1. The molecule has 0 spiro atoms. The first-order valence-corrected chi connectivity index (χ1v) is 10.6. The van der Waals surface area contributed by atoms with Gasteiger partial charge in [-0.15, -0.1) is 0 Å². The van der Waals surface area contributed by atoms with Gasteiger partial charge in [0.2, 0.25) is 11.8 Å². The Morgan fingerprint density at radius 2 is 1.97 bits per heavy atom. The van der Waals surface area contributed by atoms with Crippen molar-refractivity contribution in [2.45, 2.75) is 6.54 Å². The number of hydrogen-bond donors (Lipinski definition) is 0. The molecule has 0 saturated carbocycles. The number of nitrogens with zero attached hydrogens (tertiary/aromatic N) is 4. The van der Waals surface area contributed by atoms with E-state index in [2.05, 4.69) is 60.9 Å². The number of furan rings is 1. The maximum atomic E-state index is 6.09. The fourth-order valence-corrected chi connectivity index (χ4v) is 4.37. The van der Waals surface area contributed by atoms with Crippen molar-refractivity contribution in [2.75, 3.05) is 38.2 Å². The van der Waals surface area contributed by atoms with E-state index in [9.17, 15) is 0 Å². The van der Waals surface area contributed by atoms with Crippen LogP contribution < -0.4 is 9.64 Å². The number of ether oxygens (including phenoxy) is 1. The maximum Gasteiger partial charge on any atom is 0.228 e. The Kier molecular flexibility index (Phi) is 4.91. The summed E-state index contributed by atoms with van der Waals surface area (Å²) in [6.45, 7) is 4.47. The summed E-state index contributed by atoms with van der Waals surface area (Å²) in [4.78, 5) is 13.4. The summed E-state index contributed by atoms with van der Waals surface area (Å²) >= 11 is 1.72. The van der Waals surface area contributed by atoms with Gasteiger partial charge >= 0.3 is 0 Å². The molecule has 1 aliphatic heterocycles. The van der Waals surface area contributed by atoms with Crippen molar-refractivity contribution in [3.63, 3.8) is 0 Å². The molecule has 148 valence electrons. The van der Waals surface area contributed by atoms with Crippen LogP contribution in [0.1, 0.15) is 5.76 Å². The Labute approximate surface area is 173 Å². The highest BCUT2D eigenvalue weighted by Crippen LogP contribution is 2.28. The number of fused-ring (bicyclic) bond motifs is 1. The molecule has 1 aliphatic rings. The lowest BCUT2D eigenvalue weighted by Gasteiger charge is -2.34. The van der Waals surface area contributed by atoms with Gasteiger partial charge in [-0.1, -0.05) is 6.07 Å². The van der Waals surface area contributed by atoms with Crippen LogP contribution in [-0.2, 0) is 6.54 Å². The predicted molar refractivity (Wildman–Crippen MR) is 116 cm³/mol. The number of hydrogen-bond acceptors (Lipinski definition) is 7. The number of benzene rings is 1. The van der Waals surface area contributed by atoms with E-state index in [0.717, 1.165) is 55.4 Å². The molecule has 0 amide bonds. The summed E-state index contributed by atoms with van der Waals surface area (Å²) in [6, 6.07) is 12.5. The average Bonchev–Trinajstić information content (AvgIpc) is 3.43. The Bertz CT molecular complexity index is 1100. The monoisotopic (exact) mass is 406 g/mol. The van der Waals surface area contributed by atoms with Gasteiger partial charge in [0, 0.05) is 43.8 Å². The van der Waals surface area contributed by atoms with E-state index in [4.69, 9.17) is 9.15 Å². The summed E-state index contributed by atoms with van der Waals surface area (Å²) in [7, 11) is 1.63. The first-order valence-electron chi connectivity index (χ1n) is 9.68. The minimum atomic E-state index is 0.599. The van der Waals surface area contributed by atoms with Crippen molar-refractivity contribution in [3.05, 3.63) is 59.1 Å². The van der Waals surface area contributed by atoms with Crippen LogP contribution in [0.4, 0.5) is 5.95 Å². The smallest absolute Gasteiger partial charge is 0.228 e. The van der Waals surface area contributed by atoms with E-state index >= 15 is 0 Å². The van der Waals surface area contributed by atoms with Gasteiger partial charge in [0.1, 0.15) is 11.3 Å². The van der Waals surface area contributed by atoms with E-state index < -0.39 is 0 Å². The first kappa shape index (κ1) is 18.1. The second kappa shape index (κ2) is 7.85. The van der Waals surface area contributed by atoms with Crippen LogP contribution in [0, 0.1) is 0 Å². The van der Waals surface area contributed by atoms with Gasteiger partial charge in [0.15, 0.2) is 0 Å². The Balaban J connectivity index is 1.25. The van der Waals surface area contributed by atoms with E-state index in [-0.39, 0.29) is 0 Å². The second-order valence-electron chi connectivity index (χ2n) is 7.14. The molecule has 6 nitrogen and oxygen atoms in total. The molecule has 29 heavy (non-hydrogen) atoms. The summed E-state index contributed by atoms with van der Waals surface area (Å²) in [5, 5.41) is 5.44. The van der Waals surface area contributed by atoms with Crippen LogP contribution in [-0.4, -0.2) is 48.2 Å². The lowest BCUT2D eigenvalue weighted by atomic mass is 10.1. The number of piperazine rings is 1.